The van der Waals surface area contributed by atoms with Gasteiger partial charge in [-0.3, -0.25) is 0 Å². The molecule has 2 heteroatoms. The highest BCUT2D eigenvalue weighted by molar-refractivity contribution is 6.38. The van der Waals surface area contributed by atoms with E-state index in [2.05, 4.69) is 13.8 Å². The number of hydrogen-bond donors (Lipinski definition) is 0. The quantitative estimate of drug-likeness (QED) is 0.561. The van der Waals surface area contributed by atoms with Crippen molar-refractivity contribution in [3.8, 4) is 0 Å². The van der Waals surface area contributed by atoms with Crippen molar-refractivity contribution >= 4 is 23.2 Å². The molecule has 0 spiro atoms. The van der Waals surface area contributed by atoms with Gasteiger partial charge in [0.25, 0.3) is 0 Å². The molecule has 0 bridgehead atoms. The van der Waals surface area contributed by atoms with Gasteiger partial charge in [0.2, 0.25) is 0 Å². The fourth-order valence-electron chi connectivity index (χ4n) is 0.551. The van der Waals surface area contributed by atoms with Crippen LogP contribution >= 0.6 is 23.2 Å². The van der Waals surface area contributed by atoms with Crippen LogP contribution in [0.5, 0.6) is 0 Å². The predicted molar refractivity (Wildman–Crippen MR) is 48.5 cm³/mol. The molecule has 0 fully saturated rings. The molecule has 0 aliphatic carbocycles. The Kier molecular flexibility index (Phi) is 4.84. The highest BCUT2D eigenvalue weighted by Gasteiger charge is 1.97. The molecule has 0 aromatic rings. The SMILES string of the molecule is CC/C(C)=C(C)/C(Cl)=C/Cl. The monoisotopic (exact) mass is 178 g/mol. The second-order valence-corrected chi connectivity index (χ2v) is 2.84. The van der Waals surface area contributed by atoms with Crippen LogP contribution in [-0.4, -0.2) is 0 Å². The Morgan fingerprint density at radius 2 is 1.90 bits per heavy atom. The van der Waals surface area contributed by atoms with Gasteiger partial charge in [0.05, 0.1) is 5.03 Å². The Morgan fingerprint density at radius 3 is 2.20 bits per heavy atom. The van der Waals surface area contributed by atoms with Gasteiger partial charge in [-0.25, -0.2) is 0 Å². The molecule has 0 heterocycles. The van der Waals surface area contributed by atoms with Gasteiger partial charge in [0.1, 0.15) is 0 Å². The predicted octanol–water partition coefficient (Wildman–Crippen LogP) is 4.05. The third-order valence-electron chi connectivity index (χ3n) is 1.62. The Bertz CT molecular complexity index is 166. The van der Waals surface area contributed by atoms with E-state index in [4.69, 9.17) is 23.2 Å². The summed E-state index contributed by atoms with van der Waals surface area (Å²) in [6.07, 6.45) is 1.02. The van der Waals surface area contributed by atoms with Gasteiger partial charge >= 0.3 is 0 Å². The molecule has 58 valence electrons. The fraction of sp³-hybridized carbons (Fsp3) is 0.500. The summed E-state index contributed by atoms with van der Waals surface area (Å²) in [7, 11) is 0. The normalized spacial score (nSPS) is 15.1. The zero-order valence-corrected chi connectivity index (χ0v) is 8.05. The lowest BCUT2D eigenvalue weighted by atomic mass is 10.1. The highest BCUT2D eigenvalue weighted by Crippen LogP contribution is 2.20. The van der Waals surface area contributed by atoms with E-state index in [9.17, 15) is 0 Å². The first-order valence-corrected chi connectivity index (χ1v) is 4.07. The molecule has 0 N–H and O–H groups in total. The summed E-state index contributed by atoms with van der Waals surface area (Å²) < 4.78 is 0. The fourth-order valence-corrected chi connectivity index (χ4v) is 0.876. The third kappa shape index (κ3) is 2.76. The van der Waals surface area contributed by atoms with Gasteiger partial charge in [-0.15, -0.1) is 0 Å². The van der Waals surface area contributed by atoms with Crippen molar-refractivity contribution in [1.29, 1.82) is 0 Å². The molecular formula is C8H12Cl2. The summed E-state index contributed by atoms with van der Waals surface area (Å²) in [5, 5.41) is 0.640. The van der Waals surface area contributed by atoms with Crippen LogP contribution < -0.4 is 0 Å². The lowest BCUT2D eigenvalue weighted by molar-refractivity contribution is 1.07. The molecule has 0 aromatic heterocycles. The molecule has 0 unspecified atom stereocenters. The zero-order valence-electron chi connectivity index (χ0n) is 6.54. The second kappa shape index (κ2) is 4.81. The average Bonchev–Trinajstić information content (AvgIpc) is 2.00. The van der Waals surface area contributed by atoms with E-state index in [1.165, 1.54) is 11.1 Å². The number of rotatable bonds is 2. The molecule has 0 aliphatic rings. The van der Waals surface area contributed by atoms with Crippen LogP contribution in [0.25, 0.3) is 0 Å². The first-order valence-electron chi connectivity index (χ1n) is 3.26. The van der Waals surface area contributed by atoms with Crippen LogP contribution in [0.15, 0.2) is 21.7 Å². The van der Waals surface area contributed by atoms with Crippen molar-refractivity contribution in [3.63, 3.8) is 0 Å². The summed E-state index contributed by atoms with van der Waals surface area (Å²) in [4.78, 5) is 0. The van der Waals surface area contributed by atoms with E-state index >= 15 is 0 Å². The maximum atomic E-state index is 5.76. The first-order chi connectivity index (χ1) is 4.63. The van der Waals surface area contributed by atoms with Gasteiger partial charge < -0.3 is 0 Å². The third-order valence-corrected chi connectivity index (χ3v) is 2.35. The average molecular weight is 179 g/mol. The lowest BCUT2D eigenvalue weighted by Gasteiger charge is -2.01. The topological polar surface area (TPSA) is 0 Å². The molecule has 0 aromatic carbocycles. The van der Waals surface area contributed by atoms with Crippen molar-refractivity contribution in [2.45, 2.75) is 27.2 Å². The minimum absolute atomic E-state index is 0.640. The molecule has 0 nitrogen and oxygen atoms in total. The van der Waals surface area contributed by atoms with E-state index in [0.29, 0.717) is 5.03 Å². The molecule has 0 saturated heterocycles. The minimum Gasteiger partial charge on any atom is -0.0913 e. The van der Waals surface area contributed by atoms with E-state index in [0.717, 1.165) is 12.0 Å². The highest BCUT2D eigenvalue weighted by atomic mass is 35.5. The van der Waals surface area contributed by atoms with Crippen LogP contribution in [0, 0.1) is 0 Å². The summed E-state index contributed by atoms with van der Waals surface area (Å²) in [6.45, 7) is 6.12. The number of halogens is 2. The maximum Gasteiger partial charge on any atom is 0.0547 e. The Morgan fingerprint density at radius 1 is 1.40 bits per heavy atom. The molecule has 0 amide bonds. The Labute approximate surface area is 72.5 Å². The van der Waals surface area contributed by atoms with E-state index in [-0.39, 0.29) is 0 Å². The molecule has 0 rings (SSSR count). The van der Waals surface area contributed by atoms with Crippen LogP contribution in [0.3, 0.4) is 0 Å². The summed E-state index contributed by atoms with van der Waals surface area (Å²) in [5.74, 6) is 0. The largest absolute Gasteiger partial charge is 0.0913 e. The van der Waals surface area contributed by atoms with Crippen molar-refractivity contribution in [3.05, 3.63) is 21.7 Å². The molecule has 10 heavy (non-hydrogen) atoms. The molecule has 0 radical (unpaired) electrons. The van der Waals surface area contributed by atoms with Crippen LogP contribution in [0.2, 0.25) is 0 Å². The molecule has 0 aliphatic heterocycles. The van der Waals surface area contributed by atoms with Crippen LogP contribution in [-0.2, 0) is 0 Å². The van der Waals surface area contributed by atoms with E-state index in [1.807, 2.05) is 6.92 Å². The van der Waals surface area contributed by atoms with E-state index in [1.54, 1.807) is 0 Å². The van der Waals surface area contributed by atoms with Gasteiger partial charge in [0, 0.05) is 5.54 Å². The maximum absolute atomic E-state index is 5.76. The number of allylic oxidation sites excluding steroid dienone is 3. The Balaban J connectivity index is 4.46. The lowest BCUT2D eigenvalue weighted by Crippen LogP contribution is -1.81. The van der Waals surface area contributed by atoms with Gasteiger partial charge in [-0.1, -0.05) is 35.7 Å². The van der Waals surface area contributed by atoms with Crippen LogP contribution in [0.4, 0.5) is 0 Å². The van der Waals surface area contributed by atoms with Crippen molar-refractivity contribution in [2.24, 2.45) is 0 Å². The Hall–Kier alpha value is 0.0600. The van der Waals surface area contributed by atoms with Gasteiger partial charge in [-0.2, -0.15) is 0 Å². The van der Waals surface area contributed by atoms with Crippen molar-refractivity contribution in [1.82, 2.24) is 0 Å². The van der Waals surface area contributed by atoms with Gasteiger partial charge in [0.15, 0.2) is 0 Å². The second-order valence-electron chi connectivity index (χ2n) is 2.22. The minimum atomic E-state index is 0.640. The molecule has 0 atom stereocenters. The van der Waals surface area contributed by atoms with Crippen molar-refractivity contribution in [2.75, 3.05) is 0 Å². The summed E-state index contributed by atoms with van der Waals surface area (Å²) in [6, 6.07) is 0. The van der Waals surface area contributed by atoms with E-state index < -0.39 is 0 Å². The summed E-state index contributed by atoms with van der Waals surface area (Å²) >= 11 is 11.2. The summed E-state index contributed by atoms with van der Waals surface area (Å²) in [5.41, 5.74) is 3.76. The molecule has 0 saturated carbocycles. The van der Waals surface area contributed by atoms with Crippen LogP contribution in [0.1, 0.15) is 27.2 Å². The standard InChI is InChI=1S/C8H12Cl2/c1-4-6(2)7(3)8(10)5-9/h5H,4H2,1-3H3/b7-6+,8-5-. The smallest absolute Gasteiger partial charge is 0.0547 e. The zero-order chi connectivity index (χ0) is 8.15. The van der Waals surface area contributed by atoms with Crippen molar-refractivity contribution < 1.29 is 0 Å². The first kappa shape index (κ1) is 10.1. The number of hydrogen-bond acceptors (Lipinski definition) is 0. The molecular weight excluding hydrogens is 167 g/mol. The van der Waals surface area contributed by atoms with Gasteiger partial charge in [-0.05, 0) is 25.8 Å².